The lowest BCUT2D eigenvalue weighted by atomic mass is 9.57. The van der Waals surface area contributed by atoms with Crippen LogP contribution in [0.3, 0.4) is 0 Å². The fourth-order valence-electron chi connectivity index (χ4n) is 7.67. The molecule has 0 heterocycles. The zero-order valence-electron chi connectivity index (χ0n) is 22.0. The van der Waals surface area contributed by atoms with Gasteiger partial charge in [-0.1, -0.05) is 104 Å². The highest BCUT2D eigenvalue weighted by molar-refractivity contribution is 5.39. The monoisotopic (exact) mass is 432 g/mol. The largest absolute Gasteiger partial charge is 0.103 e. The summed E-state index contributed by atoms with van der Waals surface area (Å²) in [5.41, 5.74) is 3.90. The summed E-state index contributed by atoms with van der Waals surface area (Å²) in [5.74, 6) is 4.18. The lowest BCUT2D eigenvalue weighted by molar-refractivity contribution is 0.0451. The van der Waals surface area contributed by atoms with Crippen LogP contribution in [0.2, 0.25) is 0 Å². The van der Waals surface area contributed by atoms with Crippen LogP contribution in [0.15, 0.2) is 60.3 Å². The van der Waals surface area contributed by atoms with Crippen LogP contribution in [0, 0.1) is 51.8 Å². The molecule has 2 fully saturated rings. The van der Waals surface area contributed by atoms with Gasteiger partial charge in [-0.05, 0) is 88.6 Å². The van der Waals surface area contributed by atoms with Gasteiger partial charge in [-0.2, -0.15) is 0 Å². The molecule has 0 aromatic rings. The predicted octanol–water partition coefficient (Wildman–Crippen LogP) is 9.33. The summed E-state index contributed by atoms with van der Waals surface area (Å²) in [5, 5.41) is 0. The van der Waals surface area contributed by atoms with E-state index >= 15 is 0 Å². The van der Waals surface area contributed by atoms with Crippen molar-refractivity contribution in [1.82, 2.24) is 0 Å². The van der Waals surface area contributed by atoms with Crippen LogP contribution in [-0.2, 0) is 0 Å². The lowest BCUT2D eigenvalue weighted by Crippen LogP contribution is -2.40. The molecule has 4 aliphatic carbocycles. The van der Waals surface area contributed by atoms with E-state index in [-0.39, 0.29) is 10.8 Å². The SMILES string of the molecule is C=CCCC(C)(C1CCCC1)C1C2C=C(C(C)(C)C)C=CC2[C@@H]2C=CC(C(C)(C)C)=CC12. The van der Waals surface area contributed by atoms with Crippen LogP contribution in [0.5, 0.6) is 0 Å². The smallest absolute Gasteiger partial charge is 0.00952 e. The van der Waals surface area contributed by atoms with Gasteiger partial charge in [0.05, 0.1) is 0 Å². The summed E-state index contributed by atoms with van der Waals surface area (Å²) in [6.45, 7) is 21.1. The van der Waals surface area contributed by atoms with Crippen LogP contribution in [0.25, 0.3) is 0 Å². The molecule has 4 aliphatic rings. The lowest BCUT2D eigenvalue weighted by Gasteiger charge is -2.47. The van der Waals surface area contributed by atoms with Gasteiger partial charge in [0, 0.05) is 0 Å². The van der Waals surface area contributed by atoms with Gasteiger partial charge >= 0.3 is 0 Å². The average molecular weight is 433 g/mol. The highest BCUT2D eigenvalue weighted by Crippen LogP contribution is 2.63. The van der Waals surface area contributed by atoms with Gasteiger partial charge in [-0.15, -0.1) is 6.58 Å². The zero-order chi connectivity index (χ0) is 23.3. The fraction of sp³-hybridized carbons (Fsp3) is 0.688. The van der Waals surface area contributed by atoms with E-state index in [0.29, 0.717) is 35.0 Å². The molecule has 0 bridgehead atoms. The summed E-state index contributed by atoms with van der Waals surface area (Å²) in [6, 6.07) is 0. The Labute approximate surface area is 199 Å². The molecule has 4 rings (SSSR count). The first-order valence-electron chi connectivity index (χ1n) is 13.4. The van der Waals surface area contributed by atoms with Crippen molar-refractivity contribution >= 4 is 0 Å². The molecule has 0 nitrogen and oxygen atoms in total. The second-order valence-electron chi connectivity index (χ2n) is 13.6. The topological polar surface area (TPSA) is 0 Å². The third-order valence-corrected chi connectivity index (χ3v) is 9.57. The number of allylic oxidation sites excluding steroid dienone is 9. The normalized spacial score (nSPS) is 34.5. The van der Waals surface area contributed by atoms with Crippen molar-refractivity contribution in [2.24, 2.45) is 51.8 Å². The Kier molecular flexibility index (Phi) is 6.32. The van der Waals surface area contributed by atoms with Crippen LogP contribution < -0.4 is 0 Å². The first-order valence-corrected chi connectivity index (χ1v) is 13.4. The van der Waals surface area contributed by atoms with Crippen LogP contribution in [0.4, 0.5) is 0 Å². The second kappa shape index (κ2) is 8.48. The number of rotatable bonds is 5. The molecule has 32 heavy (non-hydrogen) atoms. The van der Waals surface area contributed by atoms with Gasteiger partial charge in [0.25, 0.3) is 0 Å². The van der Waals surface area contributed by atoms with Gasteiger partial charge in [-0.3, -0.25) is 0 Å². The summed E-state index contributed by atoms with van der Waals surface area (Å²) < 4.78 is 0. The van der Waals surface area contributed by atoms with E-state index in [1.54, 1.807) is 11.1 Å². The van der Waals surface area contributed by atoms with E-state index in [1.807, 2.05) is 0 Å². The highest BCUT2D eigenvalue weighted by atomic mass is 14.6. The van der Waals surface area contributed by atoms with Crippen molar-refractivity contribution in [2.45, 2.75) is 87.0 Å². The van der Waals surface area contributed by atoms with Crippen molar-refractivity contribution < 1.29 is 0 Å². The Morgan fingerprint density at radius 3 is 1.66 bits per heavy atom. The summed E-state index contributed by atoms with van der Waals surface area (Å²) in [4.78, 5) is 0. The van der Waals surface area contributed by atoms with Crippen molar-refractivity contribution in [3.63, 3.8) is 0 Å². The summed E-state index contributed by atoms with van der Waals surface area (Å²) in [7, 11) is 0. The van der Waals surface area contributed by atoms with Crippen LogP contribution in [-0.4, -0.2) is 0 Å². The highest BCUT2D eigenvalue weighted by Gasteiger charge is 2.57. The molecular weight excluding hydrogens is 384 g/mol. The third kappa shape index (κ3) is 4.17. The fourth-order valence-corrected chi connectivity index (χ4v) is 7.67. The predicted molar refractivity (Wildman–Crippen MR) is 140 cm³/mol. The molecule has 0 saturated heterocycles. The quantitative estimate of drug-likeness (QED) is 0.380. The molecule has 0 aromatic carbocycles. The second-order valence-corrected chi connectivity index (χ2v) is 13.6. The average Bonchev–Trinajstić information content (AvgIpc) is 3.36. The Morgan fingerprint density at radius 1 is 0.781 bits per heavy atom. The third-order valence-electron chi connectivity index (χ3n) is 9.57. The first-order chi connectivity index (χ1) is 15.0. The minimum Gasteiger partial charge on any atom is -0.103 e. The van der Waals surface area contributed by atoms with Crippen molar-refractivity contribution in [1.29, 1.82) is 0 Å². The molecule has 0 aliphatic heterocycles. The van der Waals surface area contributed by atoms with Crippen molar-refractivity contribution in [3.8, 4) is 0 Å². The van der Waals surface area contributed by atoms with Crippen LogP contribution >= 0.6 is 0 Å². The first kappa shape index (κ1) is 23.8. The van der Waals surface area contributed by atoms with E-state index in [4.69, 9.17) is 0 Å². The molecule has 0 heteroatoms. The molecule has 0 amide bonds. The van der Waals surface area contributed by atoms with Gasteiger partial charge in [0.1, 0.15) is 0 Å². The molecule has 0 spiro atoms. The minimum atomic E-state index is 0.215. The van der Waals surface area contributed by atoms with Gasteiger partial charge in [-0.25, -0.2) is 0 Å². The minimum absolute atomic E-state index is 0.215. The molecule has 0 N–H and O–H groups in total. The Bertz CT molecular complexity index is 774. The van der Waals surface area contributed by atoms with Crippen molar-refractivity contribution in [3.05, 3.63) is 60.3 Å². The summed E-state index contributed by atoms with van der Waals surface area (Å²) >= 11 is 0. The van der Waals surface area contributed by atoms with Gasteiger partial charge in [0.2, 0.25) is 0 Å². The molecule has 176 valence electrons. The Balaban J connectivity index is 1.84. The number of hydrogen-bond acceptors (Lipinski definition) is 0. The van der Waals surface area contributed by atoms with E-state index in [2.05, 4.69) is 97.6 Å². The maximum atomic E-state index is 4.12. The van der Waals surface area contributed by atoms with E-state index in [0.717, 1.165) is 12.3 Å². The summed E-state index contributed by atoms with van der Waals surface area (Å²) in [6.07, 6.45) is 25.9. The van der Waals surface area contributed by atoms with Gasteiger partial charge in [0.15, 0.2) is 0 Å². The Morgan fingerprint density at radius 2 is 1.25 bits per heavy atom. The maximum absolute atomic E-state index is 4.12. The maximum Gasteiger partial charge on any atom is -0.00952 e. The molecule has 0 aromatic heterocycles. The molecule has 2 saturated carbocycles. The molecule has 5 unspecified atom stereocenters. The van der Waals surface area contributed by atoms with Crippen molar-refractivity contribution in [2.75, 3.05) is 0 Å². The Hall–Kier alpha value is -1.30. The molecule has 0 radical (unpaired) electrons. The van der Waals surface area contributed by atoms with E-state index in [9.17, 15) is 0 Å². The molecule has 6 atom stereocenters. The zero-order valence-corrected chi connectivity index (χ0v) is 22.0. The number of hydrogen-bond donors (Lipinski definition) is 0. The van der Waals surface area contributed by atoms with Crippen LogP contribution in [0.1, 0.15) is 87.0 Å². The van der Waals surface area contributed by atoms with Gasteiger partial charge < -0.3 is 0 Å². The number of fused-ring (bicyclic) bond motifs is 3. The van der Waals surface area contributed by atoms with E-state index < -0.39 is 0 Å². The molecular formula is C32H48. The standard InChI is InChI=1S/C32H48/c1-9-10-19-32(8,22-13-11-12-14-22)29-27-20-23(30(2,3)4)15-17-25(27)26-18-16-24(21-28(26)29)31(5,6)7/h9,15-18,20-22,25-29H,1,10-14,19H2,2-8H3/t25-,26?,27?,28?,29?,32?/m0/s1. The van der Waals surface area contributed by atoms with E-state index in [1.165, 1.54) is 32.1 Å².